The molecule has 1 saturated heterocycles. The van der Waals surface area contributed by atoms with Gasteiger partial charge in [-0.05, 0) is 49.6 Å². The van der Waals surface area contributed by atoms with Gasteiger partial charge < -0.3 is 19.3 Å². The van der Waals surface area contributed by atoms with E-state index in [1.165, 1.54) is 18.6 Å². The number of halogens is 3. The summed E-state index contributed by atoms with van der Waals surface area (Å²) < 4.78 is 51.7. The normalized spacial score (nSPS) is 17.4. The van der Waals surface area contributed by atoms with E-state index in [0.717, 1.165) is 36.4 Å². The summed E-state index contributed by atoms with van der Waals surface area (Å²) in [6.45, 7) is 1.33. The van der Waals surface area contributed by atoms with E-state index >= 15 is 0 Å². The third-order valence-corrected chi connectivity index (χ3v) is 6.92. The van der Waals surface area contributed by atoms with Crippen molar-refractivity contribution in [1.82, 2.24) is 4.98 Å². The predicted molar refractivity (Wildman–Crippen MR) is 131 cm³/mol. The van der Waals surface area contributed by atoms with Crippen molar-refractivity contribution in [2.45, 2.75) is 49.9 Å². The first-order valence-corrected chi connectivity index (χ1v) is 12.0. The molecule has 36 heavy (non-hydrogen) atoms. The molecule has 11 heteroatoms. The molecule has 1 aromatic heterocycles. The van der Waals surface area contributed by atoms with Crippen LogP contribution >= 0.6 is 12.2 Å². The standard InChI is InChI=1S/C25H25F3N4O3S/c1-31(18-13-21(25(26,27)28)22(14-29)30-15-18)23(33)24(9-2-10-24)32(16-36)17-3-5-19(6-4-17)35-20-7-11-34-12-8-20/h3-6,13,15-16,20H,2,7-12H2,1H3. The second kappa shape index (κ2) is 10.4. The molecule has 2 heterocycles. The number of nitrogens with zero attached hydrogens (tertiary/aromatic N) is 4. The topological polar surface area (TPSA) is 78.7 Å². The number of ether oxygens (including phenoxy) is 2. The number of hydrogen-bond acceptors (Lipinski definition) is 6. The van der Waals surface area contributed by atoms with Gasteiger partial charge in [-0.2, -0.15) is 18.4 Å². The van der Waals surface area contributed by atoms with Gasteiger partial charge in [-0.3, -0.25) is 4.79 Å². The molecule has 2 aromatic rings. The van der Waals surface area contributed by atoms with Gasteiger partial charge >= 0.3 is 6.18 Å². The SMILES string of the molecule is CN(C(=O)C1(N(C=S)c2ccc(OC3CCOCC3)cc2)CCC1)c1cnc(C#N)c(C(F)(F)F)c1. The fourth-order valence-electron chi connectivity index (χ4n) is 4.52. The molecule has 1 aliphatic heterocycles. The molecule has 1 saturated carbocycles. The Morgan fingerprint density at radius 2 is 1.92 bits per heavy atom. The zero-order chi connectivity index (χ0) is 25.9. The Morgan fingerprint density at radius 3 is 2.44 bits per heavy atom. The molecule has 2 fully saturated rings. The summed E-state index contributed by atoms with van der Waals surface area (Å²) in [5.74, 6) is 0.293. The van der Waals surface area contributed by atoms with Crippen LogP contribution in [0.4, 0.5) is 24.5 Å². The lowest BCUT2D eigenvalue weighted by molar-refractivity contribution is -0.138. The van der Waals surface area contributed by atoms with Gasteiger partial charge in [0.15, 0.2) is 5.69 Å². The molecule has 0 spiro atoms. The number of anilines is 2. The number of pyridine rings is 1. The van der Waals surface area contributed by atoms with Gasteiger partial charge in [0.25, 0.3) is 5.91 Å². The molecule has 4 rings (SSSR count). The molecule has 7 nitrogen and oxygen atoms in total. The van der Waals surface area contributed by atoms with Crippen LogP contribution in [0.5, 0.6) is 5.75 Å². The van der Waals surface area contributed by atoms with Gasteiger partial charge in [-0.1, -0.05) is 12.2 Å². The summed E-state index contributed by atoms with van der Waals surface area (Å²) in [6.07, 6.45) is -0.218. The van der Waals surface area contributed by atoms with Crippen LogP contribution in [0.15, 0.2) is 36.5 Å². The van der Waals surface area contributed by atoms with E-state index in [2.05, 4.69) is 4.98 Å². The van der Waals surface area contributed by atoms with Crippen molar-refractivity contribution in [3.63, 3.8) is 0 Å². The highest BCUT2D eigenvalue weighted by atomic mass is 32.1. The van der Waals surface area contributed by atoms with Crippen LogP contribution in [0.3, 0.4) is 0 Å². The number of nitriles is 1. The summed E-state index contributed by atoms with van der Waals surface area (Å²) in [7, 11) is 1.40. The van der Waals surface area contributed by atoms with Crippen LogP contribution in [0, 0.1) is 11.3 Å². The third kappa shape index (κ3) is 5.01. The van der Waals surface area contributed by atoms with Crippen molar-refractivity contribution in [2.75, 3.05) is 30.1 Å². The summed E-state index contributed by atoms with van der Waals surface area (Å²) in [6, 6.07) is 9.49. The summed E-state index contributed by atoms with van der Waals surface area (Å²) >= 11 is 5.28. The Balaban J connectivity index is 1.57. The maximum absolute atomic E-state index is 13.7. The maximum atomic E-state index is 13.7. The second-order valence-corrected chi connectivity index (χ2v) is 9.06. The van der Waals surface area contributed by atoms with E-state index in [1.807, 2.05) is 24.3 Å². The van der Waals surface area contributed by atoms with Gasteiger partial charge in [-0.15, -0.1) is 0 Å². The Labute approximate surface area is 212 Å². The fourth-order valence-corrected chi connectivity index (χ4v) is 4.85. The molecule has 1 amide bonds. The average Bonchev–Trinajstić information content (AvgIpc) is 2.85. The number of thiocarbonyl (C=S) groups is 1. The third-order valence-electron chi connectivity index (χ3n) is 6.71. The second-order valence-electron chi connectivity index (χ2n) is 8.85. The van der Waals surface area contributed by atoms with Crippen molar-refractivity contribution in [1.29, 1.82) is 5.26 Å². The number of rotatable bonds is 7. The number of aromatic nitrogens is 1. The lowest BCUT2D eigenvalue weighted by Gasteiger charge is -2.49. The number of benzene rings is 1. The molecular formula is C25H25F3N4O3S. The van der Waals surface area contributed by atoms with E-state index in [-0.39, 0.29) is 11.8 Å². The zero-order valence-corrected chi connectivity index (χ0v) is 20.4. The van der Waals surface area contributed by atoms with E-state index < -0.39 is 28.9 Å². The Kier molecular flexibility index (Phi) is 7.47. The molecule has 190 valence electrons. The number of alkyl halides is 3. The van der Waals surface area contributed by atoms with Crippen LogP contribution in [-0.4, -0.2) is 48.3 Å². The van der Waals surface area contributed by atoms with Crippen LogP contribution in [0.1, 0.15) is 43.4 Å². The molecule has 0 N–H and O–H groups in total. The van der Waals surface area contributed by atoms with Gasteiger partial charge in [0.1, 0.15) is 23.5 Å². The minimum Gasteiger partial charge on any atom is -0.490 e. The van der Waals surface area contributed by atoms with Crippen molar-refractivity contribution in [3.05, 3.63) is 47.8 Å². The Hall–Kier alpha value is -3.23. The molecule has 0 unspecified atom stereocenters. The highest BCUT2D eigenvalue weighted by Gasteiger charge is 2.50. The number of likely N-dealkylation sites (N-methyl/N-ethyl adjacent to an activating group) is 1. The van der Waals surface area contributed by atoms with E-state index in [9.17, 15) is 18.0 Å². The molecular weight excluding hydrogens is 493 g/mol. The van der Waals surface area contributed by atoms with E-state index in [4.69, 9.17) is 27.0 Å². The van der Waals surface area contributed by atoms with Gasteiger partial charge in [-0.25, -0.2) is 4.98 Å². The zero-order valence-electron chi connectivity index (χ0n) is 19.6. The average molecular weight is 519 g/mol. The highest BCUT2D eigenvalue weighted by molar-refractivity contribution is 7.79. The van der Waals surface area contributed by atoms with Gasteiger partial charge in [0.05, 0.1) is 36.2 Å². The molecule has 2 aliphatic rings. The summed E-state index contributed by atoms with van der Waals surface area (Å²) in [5, 5.41) is 9.01. The summed E-state index contributed by atoms with van der Waals surface area (Å²) in [4.78, 5) is 20.2. The molecule has 1 aromatic carbocycles. The number of carbonyl (C=O) groups excluding carboxylic acids is 1. The van der Waals surface area contributed by atoms with Crippen LogP contribution in [-0.2, 0) is 15.7 Å². The largest absolute Gasteiger partial charge is 0.490 e. The predicted octanol–water partition coefficient (Wildman–Crippen LogP) is 4.88. The first-order valence-electron chi connectivity index (χ1n) is 11.5. The Bertz CT molecular complexity index is 1160. The number of amides is 1. The van der Waals surface area contributed by atoms with E-state index in [1.54, 1.807) is 4.90 Å². The van der Waals surface area contributed by atoms with Crippen LogP contribution < -0.4 is 14.5 Å². The van der Waals surface area contributed by atoms with E-state index in [0.29, 0.717) is 37.5 Å². The first kappa shape index (κ1) is 25.9. The number of hydrogen-bond donors (Lipinski definition) is 0. The highest BCUT2D eigenvalue weighted by Crippen LogP contribution is 2.43. The van der Waals surface area contributed by atoms with Crippen molar-refractivity contribution in [2.24, 2.45) is 0 Å². The van der Waals surface area contributed by atoms with Crippen LogP contribution in [0.25, 0.3) is 0 Å². The van der Waals surface area contributed by atoms with Crippen molar-refractivity contribution < 1.29 is 27.4 Å². The minimum absolute atomic E-state index is 0.0536. The maximum Gasteiger partial charge on any atom is 0.419 e. The van der Waals surface area contributed by atoms with Gasteiger partial charge in [0, 0.05) is 25.6 Å². The van der Waals surface area contributed by atoms with Crippen molar-refractivity contribution in [3.8, 4) is 11.8 Å². The monoisotopic (exact) mass is 518 g/mol. The quantitative estimate of drug-likeness (QED) is 0.484. The lowest BCUT2D eigenvalue weighted by Crippen LogP contribution is -2.63. The minimum atomic E-state index is -4.78. The molecule has 1 aliphatic carbocycles. The molecule has 0 radical (unpaired) electrons. The Morgan fingerprint density at radius 1 is 1.25 bits per heavy atom. The first-order chi connectivity index (χ1) is 17.2. The molecule has 0 atom stereocenters. The van der Waals surface area contributed by atoms with Crippen LogP contribution in [0.2, 0.25) is 0 Å². The summed E-state index contributed by atoms with van der Waals surface area (Å²) in [5.41, 5.74) is -0.934. The number of carbonyl (C=O) groups is 1. The van der Waals surface area contributed by atoms with Crippen molar-refractivity contribution >= 4 is 35.0 Å². The fraction of sp³-hybridized carbons (Fsp3) is 0.440. The lowest BCUT2D eigenvalue weighted by atomic mass is 9.74. The van der Waals surface area contributed by atoms with Gasteiger partial charge in [0.2, 0.25) is 0 Å². The smallest absolute Gasteiger partial charge is 0.419 e. The molecule has 0 bridgehead atoms.